The van der Waals surface area contributed by atoms with Crippen LogP contribution in [0, 0.1) is 0 Å². The number of halogens is 1. The molecule has 0 aliphatic heterocycles. The van der Waals surface area contributed by atoms with E-state index in [4.69, 9.17) is 11.6 Å². The molecule has 0 fully saturated rings. The second kappa shape index (κ2) is 6.39. The summed E-state index contributed by atoms with van der Waals surface area (Å²) in [5.41, 5.74) is 1.92. The second-order valence-corrected chi connectivity index (χ2v) is 5.07. The standard InChI is InChI=1S/C15H16ClN3O/c1-10(2)18-15(20)14-9-11(7-8-17-14)19-13-6-4-3-5-12(13)16/h3-10H,1-2H3,(H,17,19)(H,18,20). The van der Waals surface area contributed by atoms with E-state index in [1.165, 1.54) is 0 Å². The molecule has 2 aromatic rings. The fourth-order valence-corrected chi connectivity index (χ4v) is 1.87. The Bertz CT molecular complexity index is 614. The Labute approximate surface area is 123 Å². The average Bonchev–Trinajstić information content (AvgIpc) is 2.41. The Kier molecular flexibility index (Phi) is 4.58. The van der Waals surface area contributed by atoms with E-state index in [0.717, 1.165) is 11.4 Å². The number of anilines is 2. The molecule has 0 aliphatic rings. The van der Waals surface area contributed by atoms with Gasteiger partial charge in [-0.1, -0.05) is 23.7 Å². The van der Waals surface area contributed by atoms with Crippen molar-refractivity contribution in [3.8, 4) is 0 Å². The van der Waals surface area contributed by atoms with Gasteiger partial charge in [0.2, 0.25) is 0 Å². The SMILES string of the molecule is CC(C)NC(=O)c1cc(Nc2ccccc2Cl)ccn1. The number of nitrogens with one attached hydrogen (secondary N) is 2. The molecule has 1 heterocycles. The van der Waals surface area contributed by atoms with Crippen LogP contribution in [0.15, 0.2) is 42.6 Å². The average molecular weight is 290 g/mol. The molecule has 1 aromatic carbocycles. The molecule has 0 saturated heterocycles. The number of hydrogen-bond acceptors (Lipinski definition) is 3. The van der Waals surface area contributed by atoms with Gasteiger partial charge in [0.1, 0.15) is 5.69 Å². The summed E-state index contributed by atoms with van der Waals surface area (Å²) in [7, 11) is 0. The van der Waals surface area contributed by atoms with Crippen molar-refractivity contribution in [3.05, 3.63) is 53.3 Å². The number of hydrogen-bond donors (Lipinski definition) is 2. The minimum Gasteiger partial charge on any atom is -0.354 e. The van der Waals surface area contributed by atoms with Crippen LogP contribution in [0.2, 0.25) is 5.02 Å². The van der Waals surface area contributed by atoms with Gasteiger partial charge in [-0.25, -0.2) is 0 Å². The van der Waals surface area contributed by atoms with Gasteiger partial charge in [-0.15, -0.1) is 0 Å². The monoisotopic (exact) mass is 289 g/mol. The Morgan fingerprint density at radius 3 is 2.70 bits per heavy atom. The lowest BCUT2D eigenvalue weighted by molar-refractivity contribution is 0.0938. The smallest absolute Gasteiger partial charge is 0.270 e. The van der Waals surface area contributed by atoms with Gasteiger partial charge < -0.3 is 10.6 Å². The zero-order chi connectivity index (χ0) is 14.5. The number of para-hydroxylation sites is 1. The third-order valence-corrected chi connectivity index (χ3v) is 2.89. The fraction of sp³-hybridized carbons (Fsp3) is 0.200. The summed E-state index contributed by atoms with van der Waals surface area (Å²) in [6.45, 7) is 3.81. The van der Waals surface area contributed by atoms with Gasteiger partial charge in [0.15, 0.2) is 0 Å². The molecule has 2 N–H and O–H groups in total. The highest BCUT2D eigenvalue weighted by molar-refractivity contribution is 6.33. The Morgan fingerprint density at radius 1 is 1.25 bits per heavy atom. The van der Waals surface area contributed by atoms with Crippen molar-refractivity contribution in [2.75, 3.05) is 5.32 Å². The number of carbonyl (C=O) groups excluding carboxylic acids is 1. The number of rotatable bonds is 4. The zero-order valence-corrected chi connectivity index (χ0v) is 12.1. The highest BCUT2D eigenvalue weighted by Crippen LogP contribution is 2.24. The van der Waals surface area contributed by atoms with Gasteiger partial charge >= 0.3 is 0 Å². The van der Waals surface area contributed by atoms with Crippen LogP contribution in [0.1, 0.15) is 24.3 Å². The third-order valence-electron chi connectivity index (χ3n) is 2.57. The summed E-state index contributed by atoms with van der Waals surface area (Å²) in [4.78, 5) is 16.0. The van der Waals surface area contributed by atoms with Crippen LogP contribution in [-0.2, 0) is 0 Å². The Balaban J connectivity index is 2.18. The summed E-state index contributed by atoms with van der Waals surface area (Å²) < 4.78 is 0. The molecule has 0 spiro atoms. The van der Waals surface area contributed by atoms with E-state index in [-0.39, 0.29) is 11.9 Å². The molecule has 0 unspecified atom stereocenters. The minimum atomic E-state index is -0.192. The van der Waals surface area contributed by atoms with Crippen molar-refractivity contribution in [2.24, 2.45) is 0 Å². The van der Waals surface area contributed by atoms with E-state index in [9.17, 15) is 4.79 Å². The number of aromatic nitrogens is 1. The normalized spacial score (nSPS) is 10.4. The van der Waals surface area contributed by atoms with Crippen molar-refractivity contribution in [1.29, 1.82) is 0 Å². The fourth-order valence-electron chi connectivity index (χ4n) is 1.69. The third kappa shape index (κ3) is 3.71. The van der Waals surface area contributed by atoms with E-state index >= 15 is 0 Å². The van der Waals surface area contributed by atoms with Crippen molar-refractivity contribution >= 4 is 28.9 Å². The highest BCUT2D eigenvalue weighted by Gasteiger charge is 2.09. The number of pyridine rings is 1. The van der Waals surface area contributed by atoms with Gasteiger partial charge in [-0.2, -0.15) is 0 Å². The lowest BCUT2D eigenvalue weighted by atomic mass is 10.2. The van der Waals surface area contributed by atoms with Crippen molar-refractivity contribution < 1.29 is 4.79 Å². The molecule has 0 bridgehead atoms. The second-order valence-electron chi connectivity index (χ2n) is 4.66. The van der Waals surface area contributed by atoms with E-state index in [2.05, 4.69) is 15.6 Å². The van der Waals surface area contributed by atoms with Gasteiger partial charge in [-0.3, -0.25) is 9.78 Å². The first-order valence-electron chi connectivity index (χ1n) is 6.34. The molecule has 1 aromatic heterocycles. The molecular formula is C15H16ClN3O. The van der Waals surface area contributed by atoms with Gasteiger partial charge in [0, 0.05) is 17.9 Å². The Hall–Kier alpha value is -2.07. The molecule has 0 aliphatic carbocycles. The quantitative estimate of drug-likeness (QED) is 0.904. The number of benzene rings is 1. The van der Waals surface area contributed by atoms with Crippen LogP contribution >= 0.6 is 11.6 Å². The van der Waals surface area contributed by atoms with E-state index in [1.54, 1.807) is 24.4 Å². The maximum atomic E-state index is 11.9. The molecule has 5 heteroatoms. The largest absolute Gasteiger partial charge is 0.354 e. The summed E-state index contributed by atoms with van der Waals surface area (Å²) in [5.74, 6) is -0.192. The van der Waals surface area contributed by atoms with Gasteiger partial charge in [0.05, 0.1) is 10.7 Å². The van der Waals surface area contributed by atoms with Crippen LogP contribution < -0.4 is 10.6 Å². The topological polar surface area (TPSA) is 54.0 Å². The van der Waals surface area contributed by atoms with Crippen molar-refractivity contribution in [3.63, 3.8) is 0 Å². The number of amides is 1. The van der Waals surface area contributed by atoms with Crippen molar-refractivity contribution in [1.82, 2.24) is 10.3 Å². The summed E-state index contributed by atoms with van der Waals surface area (Å²) >= 11 is 6.09. The zero-order valence-electron chi connectivity index (χ0n) is 11.4. The summed E-state index contributed by atoms with van der Waals surface area (Å²) in [6, 6.07) is 11.0. The first-order valence-corrected chi connectivity index (χ1v) is 6.72. The predicted octanol–water partition coefficient (Wildman–Crippen LogP) is 3.62. The maximum Gasteiger partial charge on any atom is 0.270 e. The maximum absolute atomic E-state index is 11.9. The lowest BCUT2D eigenvalue weighted by Crippen LogP contribution is -2.30. The summed E-state index contributed by atoms with van der Waals surface area (Å²) in [5, 5.41) is 6.60. The molecule has 0 radical (unpaired) electrons. The summed E-state index contributed by atoms with van der Waals surface area (Å²) in [6.07, 6.45) is 1.59. The number of carbonyl (C=O) groups is 1. The van der Waals surface area contributed by atoms with Crippen LogP contribution in [-0.4, -0.2) is 16.9 Å². The molecule has 104 valence electrons. The van der Waals surface area contributed by atoms with Crippen LogP contribution in [0.4, 0.5) is 11.4 Å². The molecule has 0 saturated carbocycles. The van der Waals surface area contributed by atoms with Crippen LogP contribution in [0.3, 0.4) is 0 Å². The first kappa shape index (κ1) is 14.3. The minimum absolute atomic E-state index is 0.0736. The highest BCUT2D eigenvalue weighted by atomic mass is 35.5. The molecule has 1 amide bonds. The Morgan fingerprint density at radius 2 is 2.00 bits per heavy atom. The molecule has 2 rings (SSSR count). The molecule has 20 heavy (non-hydrogen) atoms. The predicted molar refractivity (Wildman–Crippen MR) is 81.6 cm³/mol. The van der Waals surface area contributed by atoms with Gasteiger partial charge in [-0.05, 0) is 38.1 Å². The molecule has 4 nitrogen and oxygen atoms in total. The van der Waals surface area contributed by atoms with E-state index in [1.807, 2.05) is 32.0 Å². The van der Waals surface area contributed by atoms with Crippen LogP contribution in [0.25, 0.3) is 0 Å². The van der Waals surface area contributed by atoms with Crippen LogP contribution in [0.5, 0.6) is 0 Å². The van der Waals surface area contributed by atoms with E-state index in [0.29, 0.717) is 10.7 Å². The van der Waals surface area contributed by atoms with Crippen molar-refractivity contribution in [2.45, 2.75) is 19.9 Å². The van der Waals surface area contributed by atoms with E-state index < -0.39 is 0 Å². The molecular weight excluding hydrogens is 274 g/mol. The first-order chi connectivity index (χ1) is 9.56. The van der Waals surface area contributed by atoms with Gasteiger partial charge in [0.25, 0.3) is 5.91 Å². The lowest BCUT2D eigenvalue weighted by Gasteiger charge is -2.10. The molecule has 0 atom stereocenters. The number of nitrogens with zero attached hydrogens (tertiary/aromatic N) is 1.